The molecule has 2 aliphatic heterocycles. The van der Waals surface area contributed by atoms with Gasteiger partial charge in [-0.25, -0.2) is 4.79 Å². The molecule has 0 saturated carbocycles. The Hall–Kier alpha value is -3.15. The van der Waals surface area contributed by atoms with Gasteiger partial charge in [0.05, 0.1) is 12.3 Å². The first kappa shape index (κ1) is 15.4. The fourth-order valence-electron chi connectivity index (χ4n) is 3.61. The molecule has 0 aromatic heterocycles. The standard InChI is InChI=1S/C19H15NO5/c1-2-24-17(22)15-18(23)25-20-14-11-7-6-10-13(14)16(21)19(15,20)12-8-4-3-5-9-12/h3-11,15H,2H2,1H3. The van der Waals surface area contributed by atoms with Gasteiger partial charge in [-0.1, -0.05) is 42.5 Å². The number of hydroxylamine groups is 1. The van der Waals surface area contributed by atoms with Crippen LogP contribution in [-0.2, 0) is 24.7 Å². The summed E-state index contributed by atoms with van der Waals surface area (Å²) in [7, 11) is 0. The molecule has 126 valence electrons. The van der Waals surface area contributed by atoms with Crippen LogP contribution in [0.5, 0.6) is 0 Å². The molecule has 2 aliphatic rings. The molecule has 0 amide bonds. The van der Waals surface area contributed by atoms with E-state index in [-0.39, 0.29) is 12.4 Å². The first-order valence-electron chi connectivity index (χ1n) is 8.00. The Kier molecular flexibility index (Phi) is 3.35. The van der Waals surface area contributed by atoms with Crippen molar-refractivity contribution >= 4 is 23.4 Å². The zero-order valence-corrected chi connectivity index (χ0v) is 13.5. The van der Waals surface area contributed by atoms with Gasteiger partial charge in [0, 0.05) is 5.56 Å². The first-order valence-corrected chi connectivity index (χ1v) is 8.00. The van der Waals surface area contributed by atoms with Crippen molar-refractivity contribution in [2.45, 2.75) is 12.5 Å². The topological polar surface area (TPSA) is 72.9 Å². The number of nitrogens with zero attached hydrogens (tertiary/aromatic N) is 1. The summed E-state index contributed by atoms with van der Waals surface area (Å²) in [5.41, 5.74) is -0.182. The SMILES string of the molecule is CCOC(=O)C1C(=O)ON2c3ccccc3C(=O)C12c1ccccc1. The van der Waals surface area contributed by atoms with E-state index in [0.717, 1.165) is 0 Å². The van der Waals surface area contributed by atoms with Gasteiger partial charge in [-0.15, -0.1) is 0 Å². The molecule has 2 aromatic rings. The number of carbonyl (C=O) groups is 3. The third-order valence-corrected chi connectivity index (χ3v) is 4.60. The average molecular weight is 337 g/mol. The number of ether oxygens (including phenoxy) is 1. The fraction of sp³-hybridized carbons (Fsp3) is 0.211. The number of fused-ring (bicyclic) bond motifs is 3. The van der Waals surface area contributed by atoms with Crippen LogP contribution >= 0.6 is 0 Å². The summed E-state index contributed by atoms with van der Waals surface area (Å²) in [5, 5.41) is 1.27. The molecule has 2 unspecified atom stereocenters. The number of anilines is 1. The first-order chi connectivity index (χ1) is 12.1. The number of benzene rings is 2. The Morgan fingerprint density at radius 3 is 2.52 bits per heavy atom. The van der Waals surface area contributed by atoms with Gasteiger partial charge in [0.25, 0.3) is 0 Å². The maximum absolute atomic E-state index is 13.4. The van der Waals surface area contributed by atoms with Gasteiger partial charge in [0.1, 0.15) is 0 Å². The highest BCUT2D eigenvalue weighted by Gasteiger charge is 2.69. The molecule has 0 bridgehead atoms. The van der Waals surface area contributed by atoms with Crippen LogP contribution < -0.4 is 5.06 Å². The lowest BCUT2D eigenvalue weighted by Crippen LogP contribution is -2.50. The van der Waals surface area contributed by atoms with Gasteiger partial charge in [0.15, 0.2) is 17.2 Å². The van der Waals surface area contributed by atoms with Gasteiger partial charge in [-0.2, -0.15) is 5.06 Å². The van der Waals surface area contributed by atoms with Crippen LogP contribution in [0.2, 0.25) is 0 Å². The van der Waals surface area contributed by atoms with E-state index in [2.05, 4.69) is 0 Å². The molecule has 0 spiro atoms. The molecule has 1 saturated heterocycles. The van der Waals surface area contributed by atoms with Crippen molar-refractivity contribution < 1.29 is 24.0 Å². The molecule has 2 heterocycles. The molecule has 2 aromatic carbocycles. The van der Waals surface area contributed by atoms with E-state index in [4.69, 9.17) is 9.57 Å². The van der Waals surface area contributed by atoms with E-state index in [9.17, 15) is 14.4 Å². The Labute approximate surface area is 143 Å². The second-order valence-corrected chi connectivity index (χ2v) is 5.87. The summed E-state index contributed by atoms with van der Waals surface area (Å²) in [6.07, 6.45) is 0. The van der Waals surface area contributed by atoms with E-state index in [0.29, 0.717) is 16.8 Å². The summed E-state index contributed by atoms with van der Waals surface area (Å²) < 4.78 is 5.08. The summed E-state index contributed by atoms with van der Waals surface area (Å²) >= 11 is 0. The summed E-state index contributed by atoms with van der Waals surface area (Å²) in [4.78, 5) is 43.9. The number of carbonyl (C=O) groups excluding carboxylic acids is 3. The molecule has 4 rings (SSSR count). The van der Waals surface area contributed by atoms with Gasteiger partial charge in [-0.05, 0) is 24.6 Å². The second-order valence-electron chi connectivity index (χ2n) is 5.87. The molecule has 2 atom stereocenters. The Bertz CT molecular complexity index is 878. The number of esters is 1. The Morgan fingerprint density at radius 2 is 1.80 bits per heavy atom. The second kappa shape index (κ2) is 5.44. The highest BCUT2D eigenvalue weighted by Crippen LogP contribution is 2.53. The molecule has 25 heavy (non-hydrogen) atoms. The number of ketones is 1. The number of hydrogen-bond donors (Lipinski definition) is 0. The lowest BCUT2D eigenvalue weighted by Gasteiger charge is -2.31. The summed E-state index contributed by atoms with van der Waals surface area (Å²) in [6.45, 7) is 1.75. The van der Waals surface area contributed by atoms with Crippen molar-refractivity contribution in [2.75, 3.05) is 11.7 Å². The molecular weight excluding hydrogens is 322 g/mol. The molecule has 6 heteroatoms. The number of hydrogen-bond acceptors (Lipinski definition) is 6. The van der Waals surface area contributed by atoms with E-state index >= 15 is 0 Å². The van der Waals surface area contributed by atoms with Crippen molar-refractivity contribution in [2.24, 2.45) is 5.92 Å². The molecule has 1 fully saturated rings. The van der Waals surface area contributed by atoms with E-state index < -0.39 is 23.4 Å². The van der Waals surface area contributed by atoms with Crippen LogP contribution in [0.3, 0.4) is 0 Å². The Morgan fingerprint density at radius 1 is 1.12 bits per heavy atom. The molecule has 0 radical (unpaired) electrons. The van der Waals surface area contributed by atoms with Crippen molar-refractivity contribution in [1.82, 2.24) is 0 Å². The smallest absolute Gasteiger partial charge is 0.350 e. The third-order valence-electron chi connectivity index (χ3n) is 4.60. The Balaban J connectivity index is 1.99. The van der Waals surface area contributed by atoms with Gasteiger partial charge < -0.3 is 9.57 Å². The van der Waals surface area contributed by atoms with Crippen LogP contribution in [0.1, 0.15) is 22.8 Å². The van der Waals surface area contributed by atoms with E-state index in [1.54, 1.807) is 61.5 Å². The van der Waals surface area contributed by atoms with E-state index in [1.165, 1.54) is 5.06 Å². The lowest BCUT2D eigenvalue weighted by atomic mass is 9.75. The van der Waals surface area contributed by atoms with Crippen molar-refractivity contribution in [3.8, 4) is 0 Å². The van der Waals surface area contributed by atoms with Gasteiger partial charge in [0.2, 0.25) is 0 Å². The maximum Gasteiger partial charge on any atom is 0.350 e. The molecule has 0 aliphatic carbocycles. The monoisotopic (exact) mass is 337 g/mol. The average Bonchev–Trinajstić information content (AvgIpc) is 3.07. The zero-order chi connectivity index (χ0) is 17.6. The van der Waals surface area contributed by atoms with Gasteiger partial charge in [-0.3, -0.25) is 9.59 Å². The fourth-order valence-corrected chi connectivity index (χ4v) is 3.61. The predicted octanol–water partition coefficient (Wildman–Crippen LogP) is 2.24. The lowest BCUT2D eigenvalue weighted by molar-refractivity contribution is -0.156. The highest BCUT2D eigenvalue weighted by atomic mass is 16.7. The summed E-state index contributed by atoms with van der Waals surface area (Å²) in [6, 6.07) is 15.6. The number of para-hydroxylation sites is 1. The zero-order valence-electron chi connectivity index (χ0n) is 13.5. The largest absolute Gasteiger partial charge is 0.465 e. The summed E-state index contributed by atoms with van der Waals surface area (Å²) in [5.74, 6) is -3.28. The molecular formula is C19H15NO5. The van der Waals surface area contributed by atoms with Crippen LogP contribution in [0, 0.1) is 5.92 Å². The maximum atomic E-state index is 13.4. The minimum atomic E-state index is -1.58. The molecule has 6 nitrogen and oxygen atoms in total. The van der Waals surface area contributed by atoms with Crippen molar-refractivity contribution in [3.05, 3.63) is 65.7 Å². The van der Waals surface area contributed by atoms with E-state index in [1.807, 2.05) is 0 Å². The number of rotatable bonds is 3. The van der Waals surface area contributed by atoms with Crippen molar-refractivity contribution in [3.63, 3.8) is 0 Å². The normalized spacial score (nSPS) is 23.9. The van der Waals surface area contributed by atoms with Crippen LogP contribution in [-0.4, -0.2) is 24.3 Å². The van der Waals surface area contributed by atoms with Gasteiger partial charge >= 0.3 is 11.9 Å². The number of Topliss-reactive ketones (excluding diaryl/α,β-unsaturated/α-hetero) is 1. The van der Waals surface area contributed by atoms with Crippen molar-refractivity contribution in [1.29, 1.82) is 0 Å². The minimum absolute atomic E-state index is 0.106. The predicted molar refractivity (Wildman–Crippen MR) is 87.6 cm³/mol. The molecule has 0 N–H and O–H groups in total. The van der Waals surface area contributed by atoms with Crippen LogP contribution in [0.25, 0.3) is 0 Å². The van der Waals surface area contributed by atoms with Crippen LogP contribution in [0.15, 0.2) is 54.6 Å². The third kappa shape index (κ3) is 1.88. The minimum Gasteiger partial charge on any atom is -0.465 e. The van der Waals surface area contributed by atoms with Crippen LogP contribution in [0.4, 0.5) is 5.69 Å². The quantitative estimate of drug-likeness (QED) is 0.632. The highest BCUT2D eigenvalue weighted by molar-refractivity contribution is 6.21.